The Hall–Kier alpha value is -1.39. The zero-order chi connectivity index (χ0) is 15.4. The molecule has 0 aromatic rings. The highest BCUT2D eigenvalue weighted by molar-refractivity contribution is 5.87. The van der Waals surface area contributed by atoms with Crippen molar-refractivity contribution in [2.24, 2.45) is 5.92 Å². The van der Waals surface area contributed by atoms with Crippen molar-refractivity contribution < 1.29 is 15.0 Å². The third-order valence-corrected chi connectivity index (χ3v) is 2.59. The molecule has 0 aromatic carbocycles. The van der Waals surface area contributed by atoms with E-state index in [1.165, 1.54) is 6.08 Å². The highest BCUT2D eigenvalue weighted by atomic mass is 16.3. The molecule has 0 radical (unpaired) electrons. The van der Waals surface area contributed by atoms with E-state index in [9.17, 15) is 15.0 Å². The number of aliphatic hydroxyl groups is 2. The van der Waals surface area contributed by atoms with E-state index < -0.39 is 12.2 Å². The summed E-state index contributed by atoms with van der Waals surface area (Å²) in [5, 5.41) is 21.8. The number of aliphatic hydroxyl groups excluding tert-OH is 2. The number of nitrogens with one attached hydrogen (secondary N) is 1. The SMILES string of the molecule is CC=CC(O)C(O)CCC=CC=CC(=O)NCC(C)C. The van der Waals surface area contributed by atoms with E-state index in [4.69, 9.17) is 0 Å². The van der Waals surface area contributed by atoms with Gasteiger partial charge in [-0.15, -0.1) is 0 Å². The third-order valence-electron chi connectivity index (χ3n) is 2.59. The van der Waals surface area contributed by atoms with Gasteiger partial charge in [0.1, 0.15) is 0 Å². The highest BCUT2D eigenvalue weighted by Crippen LogP contribution is 2.04. The van der Waals surface area contributed by atoms with Gasteiger partial charge in [0.05, 0.1) is 12.2 Å². The summed E-state index contributed by atoms with van der Waals surface area (Å²) in [5.41, 5.74) is 0. The summed E-state index contributed by atoms with van der Waals surface area (Å²) < 4.78 is 0. The first-order valence-electron chi connectivity index (χ1n) is 7.07. The Bertz CT molecular complexity index is 346. The van der Waals surface area contributed by atoms with E-state index in [0.29, 0.717) is 25.3 Å². The van der Waals surface area contributed by atoms with Gasteiger partial charge >= 0.3 is 0 Å². The monoisotopic (exact) mass is 281 g/mol. The van der Waals surface area contributed by atoms with Crippen molar-refractivity contribution in [2.75, 3.05) is 6.54 Å². The van der Waals surface area contributed by atoms with Crippen LogP contribution in [0, 0.1) is 5.92 Å². The molecule has 0 aliphatic carbocycles. The molecule has 0 rings (SSSR count). The van der Waals surface area contributed by atoms with Crippen LogP contribution in [0.2, 0.25) is 0 Å². The van der Waals surface area contributed by atoms with Crippen molar-refractivity contribution in [3.8, 4) is 0 Å². The summed E-state index contributed by atoms with van der Waals surface area (Å²) >= 11 is 0. The molecule has 0 heterocycles. The number of hydrogen-bond donors (Lipinski definition) is 3. The second-order valence-corrected chi connectivity index (χ2v) is 5.09. The van der Waals surface area contributed by atoms with E-state index in [1.54, 1.807) is 31.2 Å². The maximum atomic E-state index is 11.3. The van der Waals surface area contributed by atoms with Gasteiger partial charge in [-0.2, -0.15) is 0 Å². The molecule has 0 saturated heterocycles. The van der Waals surface area contributed by atoms with E-state index in [1.807, 2.05) is 19.9 Å². The summed E-state index contributed by atoms with van der Waals surface area (Å²) in [5.74, 6) is 0.333. The van der Waals surface area contributed by atoms with Crippen LogP contribution < -0.4 is 5.32 Å². The van der Waals surface area contributed by atoms with Crippen molar-refractivity contribution in [3.05, 3.63) is 36.5 Å². The van der Waals surface area contributed by atoms with E-state index in [-0.39, 0.29) is 5.91 Å². The van der Waals surface area contributed by atoms with Crippen molar-refractivity contribution >= 4 is 5.91 Å². The van der Waals surface area contributed by atoms with E-state index in [2.05, 4.69) is 5.32 Å². The molecule has 3 N–H and O–H groups in total. The topological polar surface area (TPSA) is 69.6 Å². The summed E-state index contributed by atoms with van der Waals surface area (Å²) in [4.78, 5) is 11.3. The Labute approximate surface area is 121 Å². The van der Waals surface area contributed by atoms with Crippen molar-refractivity contribution in [1.82, 2.24) is 5.32 Å². The number of rotatable bonds is 9. The van der Waals surface area contributed by atoms with Crippen LogP contribution in [0.4, 0.5) is 0 Å². The fourth-order valence-electron chi connectivity index (χ4n) is 1.44. The molecule has 2 atom stereocenters. The zero-order valence-electron chi connectivity index (χ0n) is 12.6. The van der Waals surface area contributed by atoms with Gasteiger partial charge in [0, 0.05) is 12.6 Å². The molecular formula is C16H27NO3. The highest BCUT2D eigenvalue weighted by Gasteiger charge is 2.10. The lowest BCUT2D eigenvalue weighted by Crippen LogP contribution is -2.25. The van der Waals surface area contributed by atoms with Crippen molar-refractivity contribution in [2.45, 2.75) is 45.8 Å². The minimum Gasteiger partial charge on any atom is -0.390 e. The fraction of sp³-hybridized carbons (Fsp3) is 0.562. The molecule has 2 unspecified atom stereocenters. The Kier molecular flexibility index (Phi) is 10.6. The predicted molar refractivity (Wildman–Crippen MR) is 82.2 cm³/mol. The average Bonchev–Trinajstić information content (AvgIpc) is 2.40. The number of hydrogen-bond acceptors (Lipinski definition) is 3. The minimum atomic E-state index is -0.814. The molecule has 0 saturated carbocycles. The lowest BCUT2D eigenvalue weighted by atomic mass is 10.1. The largest absolute Gasteiger partial charge is 0.390 e. The van der Waals surface area contributed by atoms with Crippen molar-refractivity contribution in [3.63, 3.8) is 0 Å². The lowest BCUT2D eigenvalue weighted by molar-refractivity contribution is -0.116. The molecule has 0 spiro atoms. The Morgan fingerprint density at radius 2 is 1.95 bits per heavy atom. The molecule has 0 aromatic heterocycles. The van der Waals surface area contributed by atoms with Gasteiger partial charge in [-0.05, 0) is 25.7 Å². The maximum absolute atomic E-state index is 11.3. The number of allylic oxidation sites excluding steroid dienone is 4. The summed E-state index contributed by atoms with van der Waals surface area (Å²) in [6.45, 7) is 6.54. The van der Waals surface area contributed by atoms with Crippen LogP contribution in [0.1, 0.15) is 33.6 Å². The van der Waals surface area contributed by atoms with Crippen LogP contribution in [-0.4, -0.2) is 34.9 Å². The molecule has 0 fully saturated rings. The lowest BCUT2D eigenvalue weighted by Gasteiger charge is -2.12. The van der Waals surface area contributed by atoms with E-state index in [0.717, 1.165) is 0 Å². The first-order valence-corrected chi connectivity index (χ1v) is 7.07. The smallest absolute Gasteiger partial charge is 0.243 e. The van der Waals surface area contributed by atoms with Gasteiger partial charge in [-0.3, -0.25) is 4.79 Å². The zero-order valence-corrected chi connectivity index (χ0v) is 12.6. The number of carbonyl (C=O) groups is 1. The molecule has 4 nitrogen and oxygen atoms in total. The van der Waals surface area contributed by atoms with Crippen LogP contribution in [0.5, 0.6) is 0 Å². The molecule has 0 aliphatic rings. The number of carbonyl (C=O) groups excluding carboxylic acids is 1. The molecule has 1 amide bonds. The Balaban J connectivity index is 3.83. The van der Waals surface area contributed by atoms with Crippen LogP contribution in [0.3, 0.4) is 0 Å². The first-order chi connectivity index (χ1) is 9.47. The normalized spacial score (nSPS) is 15.5. The van der Waals surface area contributed by atoms with E-state index >= 15 is 0 Å². The first kappa shape index (κ1) is 18.6. The average molecular weight is 281 g/mol. The molecule has 0 aliphatic heterocycles. The van der Waals surface area contributed by atoms with Gasteiger partial charge in [0.15, 0.2) is 0 Å². The standard InChI is InChI=1S/C16H27NO3/c1-4-9-14(18)15(19)10-7-5-6-8-11-16(20)17-12-13(2)3/h4-6,8-9,11,13-15,18-19H,7,10,12H2,1-3H3,(H,17,20). The summed E-state index contributed by atoms with van der Waals surface area (Å²) in [6, 6.07) is 0. The second-order valence-electron chi connectivity index (χ2n) is 5.09. The quantitative estimate of drug-likeness (QED) is 0.344. The third kappa shape index (κ3) is 10.5. The Morgan fingerprint density at radius 1 is 1.25 bits per heavy atom. The Morgan fingerprint density at radius 3 is 2.55 bits per heavy atom. The predicted octanol–water partition coefficient (Wildman–Crippen LogP) is 1.95. The van der Waals surface area contributed by atoms with Gasteiger partial charge in [-0.25, -0.2) is 0 Å². The van der Waals surface area contributed by atoms with Gasteiger partial charge < -0.3 is 15.5 Å². The van der Waals surface area contributed by atoms with Gasteiger partial charge in [0.2, 0.25) is 5.91 Å². The second kappa shape index (κ2) is 11.4. The van der Waals surface area contributed by atoms with Crippen LogP contribution in [-0.2, 0) is 4.79 Å². The van der Waals surface area contributed by atoms with Gasteiger partial charge in [-0.1, -0.05) is 44.2 Å². The molecular weight excluding hydrogens is 254 g/mol. The molecule has 4 heteroatoms. The van der Waals surface area contributed by atoms with Gasteiger partial charge in [0.25, 0.3) is 0 Å². The summed E-state index contributed by atoms with van der Waals surface area (Å²) in [7, 11) is 0. The molecule has 114 valence electrons. The fourth-order valence-corrected chi connectivity index (χ4v) is 1.44. The van der Waals surface area contributed by atoms with Crippen LogP contribution in [0.15, 0.2) is 36.5 Å². The minimum absolute atomic E-state index is 0.105. The van der Waals surface area contributed by atoms with Crippen LogP contribution >= 0.6 is 0 Å². The molecule has 0 bridgehead atoms. The van der Waals surface area contributed by atoms with Crippen LogP contribution in [0.25, 0.3) is 0 Å². The van der Waals surface area contributed by atoms with Crippen molar-refractivity contribution in [1.29, 1.82) is 0 Å². The number of amides is 1. The maximum Gasteiger partial charge on any atom is 0.243 e. The summed E-state index contributed by atoms with van der Waals surface area (Å²) in [6.07, 6.45) is 9.61. The molecule has 20 heavy (non-hydrogen) atoms.